The molecular weight excluding hydrogens is 268 g/mol. The molecule has 0 amide bonds. The fraction of sp³-hybridized carbons (Fsp3) is 0.462. The fourth-order valence-electron chi connectivity index (χ4n) is 2.17. The van der Waals surface area contributed by atoms with Crippen molar-refractivity contribution in [1.82, 2.24) is 0 Å². The predicted molar refractivity (Wildman–Crippen MR) is 66.7 cm³/mol. The number of carbonyl (C=O) groups is 1. The van der Waals surface area contributed by atoms with E-state index in [2.05, 4.69) is 28.1 Å². The van der Waals surface area contributed by atoms with E-state index in [1.807, 2.05) is 25.1 Å². The molecule has 0 aromatic heterocycles. The number of esters is 1. The molecule has 1 aliphatic rings. The molecule has 0 aliphatic heterocycles. The highest BCUT2D eigenvalue weighted by atomic mass is 79.9. The van der Waals surface area contributed by atoms with E-state index in [1.165, 1.54) is 5.56 Å². The summed E-state index contributed by atoms with van der Waals surface area (Å²) < 4.78 is 5.08. The maximum atomic E-state index is 11.7. The van der Waals surface area contributed by atoms with Crippen LogP contribution in [0.25, 0.3) is 0 Å². The van der Waals surface area contributed by atoms with Crippen LogP contribution in [0.2, 0.25) is 0 Å². The quantitative estimate of drug-likeness (QED) is 0.627. The number of hydrogen-bond acceptors (Lipinski definition) is 2. The van der Waals surface area contributed by atoms with Crippen LogP contribution in [0.4, 0.5) is 0 Å². The molecule has 2 nitrogen and oxygen atoms in total. The Labute approximate surface area is 104 Å². The molecule has 2 atom stereocenters. The van der Waals surface area contributed by atoms with Crippen LogP contribution in [0, 0.1) is 5.92 Å². The average Bonchev–Trinajstić information content (AvgIpc) is 3.07. The highest BCUT2D eigenvalue weighted by Crippen LogP contribution is 2.55. The molecule has 0 heterocycles. The van der Waals surface area contributed by atoms with Gasteiger partial charge in [-0.1, -0.05) is 46.3 Å². The van der Waals surface area contributed by atoms with Crippen molar-refractivity contribution < 1.29 is 9.53 Å². The van der Waals surface area contributed by atoms with Gasteiger partial charge in [0.2, 0.25) is 0 Å². The van der Waals surface area contributed by atoms with Gasteiger partial charge in [-0.05, 0) is 18.9 Å². The van der Waals surface area contributed by atoms with E-state index in [0.717, 1.165) is 11.8 Å². The van der Waals surface area contributed by atoms with Crippen LogP contribution in [-0.4, -0.2) is 17.9 Å². The highest BCUT2D eigenvalue weighted by Gasteiger charge is 2.59. The van der Waals surface area contributed by atoms with Gasteiger partial charge < -0.3 is 4.74 Å². The SMILES string of the molecule is CCOC(=O)C1CC1(CBr)c1ccccc1. The first kappa shape index (κ1) is 11.6. The Bertz CT molecular complexity index is 377. The third-order valence-corrected chi connectivity index (χ3v) is 4.23. The van der Waals surface area contributed by atoms with Crippen molar-refractivity contribution in [2.45, 2.75) is 18.8 Å². The van der Waals surface area contributed by atoms with Crippen molar-refractivity contribution in [1.29, 1.82) is 0 Å². The molecular formula is C13H15BrO2. The summed E-state index contributed by atoms with van der Waals surface area (Å²) in [7, 11) is 0. The first-order chi connectivity index (χ1) is 7.74. The molecule has 3 heteroatoms. The molecule has 1 aliphatic carbocycles. The van der Waals surface area contributed by atoms with Gasteiger partial charge in [-0.3, -0.25) is 4.79 Å². The van der Waals surface area contributed by atoms with E-state index >= 15 is 0 Å². The molecule has 0 N–H and O–H groups in total. The molecule has 0 radical (unpaired) electrons. The Morgan fingerprint density at radius 3 is 2.75 bits per heavy atom. The summed E-state index contributed by atoms with van der Waals surface area (Å²) in [5, 5.41) is 0.813. The van der Waals surface area contributed by atoms with Gasteiger partial charge in [-0.25, -0.2) is 0 Å². The van der Waals surface area contributed by atoms with Crippen molar-refractivity contribution in [2.24, 2.45) is 5.92 Å². The number of hydrogen-bond donors (Lipinski definition) is 0. The molecule has 1 fully saturated rings. The Morgan fingerprint density at radius 2 is 2.19 bits per heavy atom. The lowest BCUT2D eigenvalue weighted by Crippen LogP contribution is -2.18. The zero-order valence-corrected chi connectivity index (χ0v) is 10.9. The Morgan fingerprint density at radius 1 is 1.50 bits per heavy atom. The molecule has 1 aromatic carbocycles. The maximum Gasteiger partial charge on any atom is 0.309 e. The Hall–Kier alpha value is -0.830. The largest absolute Gasteiger partial charge is 0.466 e. The average molecular weight is 283 g/mol. The lowest BCUT2D eigenvalue weighted by molar-refractivity contribution is -0.145. The van der Waals surface area contributed by atoms with Crippen LogP contribution >= 0.6 is 15.9 Å². The van der Waals surface area contributed by atoms with Crippen LogP contribution in [-0.2, 0) is 14.9 Å². The normalized spacial score (nSPS) is 27.5. The molecule has 2 unspecified atom stereocenters. The van der Waals surface area contributed by atoms with E-state index < -0.39 is 0 Å². The van der Waals surface area contributed by atoms with Crippen molar-refractivity contribution in [3.8, 4) is 0 Å². The van der Waals surface area contributed by atoms with Gasteiger partial charge in [0.25, 0.3) is 0 Å². The molecule has 1 aromatic rings. The molecule has 2 rings (SSSR count). The molecule has 0 spiro atoms. The molecule has 0 bridgehead atoms. The molecule has 0 saturated heterocycles. The maximum absolute atomic E-state index is 11.7. The predicted octanol–water partition coefficient (Wildman–Crippen LogP) is 2.90. The number of benzene rings is 1. The van der Waals surface area contributed by atoms with Crippen molar-refractivity contribution in [2.75, 3.05) is 11.9 Å². The lowest BCUT2D eigenvalue weighted by Gasteiger charge is -2.14. The summed E-state index contributed by atoms with van der Waals surface area (Å²) in [6.45, 7) is 2.31. The second kappa shape index (κ2) is 4.58. The van der Waals surface area contributed by atoms with Crippen molar-refractivity contribution in [3.63, 3.8) is 0 Å². The van der Waals surface area contributed by atoms with Crippen LogP contribution in [0.3, 0.4) is 0 Å². The van der Waals surface area contributed by atoms with Gasteiger partial charge in [0.1, 0.15) is 0 Å². The van der Waals surface area contributed by atoms with Crippen molar-refractivity contribution >= 4 is 21.9 Å². The second-order valence-corrected chi connectivity index (χ2v) is 4.73. The smallest absolute Gasteiger partial charge is 0.309 e. The van der Waals surface area contributed by atoms with Gasteiger partial charge in [-0.15, -0.1) is 0 Å². The lowest BCUT2D eigenvalue weighted by atomic mass is 9.95. The number of carbonyl (C=O) groups excluding carboxylic acids is 1. The summed E-state index contributed by atoms with van der Waals surface area (Å²) in [5.74, 6) is -0.0416. The van der Waals surface area contributed by atoms with E-state index in [4.69, 9.17) is 4.74 Å². The first-order valence-corrected chi connectivity index (χ1v) is 6.65. The van der Waals surface area contributed by atoms with Gasteiger partial charge in [0.15, 0.2) is 0 Å². The molecule has 86 valence electrons. The van der Waals surface area contributed by atoms with Crippen LogP contribution < -0.4 is 0 Å². The minimum absolute atomic E-state index is 0.0224. The minimum Gasteiger partial charge on any atom is -0.466 e. The number of alkyl halides is 1. The number of ether oxygens (including phenoxy) is 1. The Balaban J connectivity index is 2.17. The summed E-state index contributed by atoms with van der Waals surface area (Å²) >= 11 is 3.52. The minimum atomic E-state index is -0.0641. The summed E-state index contributed by atoms with van der Waals surface area (Å²) in [4.78, 5) is 11.7. The van der Waals surface area contributed by atoms with E-state index in [-0.39, 0.29) is 17.3 Å². The van der Waals surface area contributed by atoms with Crippen LogP contribution in [0.15, 0.2) is 30.3 Å². The van der Waals surface area contributed by atoms with Gasteiger partial charge in [-0.2, -0.15) is 0 Å². The van der Waals surface area contributed by atoms with Gasteiger partial charge >= 0.3 is 5.97 Å². The van der Waals surface area contributed by atoms with E-state index in [9.17, 15) is 4.79 Å². The zero-order valence-electron chi connectivity index (χ0n) is 9.28. The van der Waals surface area contributed by atoms with Gasteiger partial charge in [0, 0.05) is 10.7 Å². The van der Waals surface area contributed by atoms with E-state index in [1.54, 1.807) is 0 Å². The first-order valence-electron chi connectivity index (χ1n) is 5.52. The van der Waals surface area contributed by atoms with Crippen LogP contribution in [0.5, 0.6) is 0 Å². The standard InChI is InChI=1S/C13H15BrO2/c1-2-16-12(15)11-8-13(11,9-14)10-6-4-3-5-7-10/h3-7,11H,2,8-9H2,1H3. The van der Waals surface area contributed by atoms with Gasteiger partial charge in [0.05, 0.1) is 12.5 Å². The zero-order chi connectivity index (χ0) is 11.6. The Kier molecular flexibility index (Phi) is 3.33. The summed E-state index contributed by atoms with van der Waals surface area (Å²) in [5.41, 5.74) is 1.19. The monoisotopic (exact) mass is 282 g/mol. The summed E-state index contributed by atoms with van der Waals surface area (Å²) in [6, 6.07) is 10.2. The number of halogens is 1. The fourth-order valence-corrected chi connectivity index (χ4v) is 3.11. The topological polar surface area (TPSA) is 26.3 Å². The summed E-state index contributed by atoms with van der Waals surface area (Å²) in [6.07, 6.45) is 0.890. The molecule has 1 saturated carbocycles. The van der Waals surface area contributed by atoms with E-state index in [0.29, 0.717) is 6.61 Å². The van der Waals surface area contributed by atoms with Crippen molar-refractivity contribution in [3.05, 3.63) is 35.9 Å². The third-order valence-electron chi connectivity index (χ3n) is 3.23. The number of rotatable bonds is 4. The third kappa shape index (κ3) is 1.88. The second-order valence-electron chi connectivity index (χ2n) is 4.16. The van der Waals surface area contributed by atoms with Crippen LogP contribution in [0.1, 0.15) is 18.9 Å². The highest BCUT2D eigenvalue weighted by molar-refractivity contribution is 9.09. The molecule has 16 heavy (non-hydrogen) atoms.